The first-order chi connectivity index (χ1) is 16.5. The maximum Gasteiger partial charge on any atom is 0.294 e. The molecule has 0 aliphatic carbocycles. The topological polar surface area (TPSA) is 196 Å². The van der Waals surface area contributed by atoms with Crippen molar-refractivity contribution in [3.05, 3.63) is 42.5 Å². The summed E-state index contributed by atoms with van der Waals surface area (Å²) in [5.41, 5.74) is 0.589. The molecule has 0 saturated heterocycles. The van der Waals surface area contributed by atoms with Crippen LogP contribution in [0.2, 0.25) is 0 Å². The number of phenolic OH excluding ortho intramolecular Hbond substituents is 1. The predicted octanol–water partition coefficient (Wildman–Crippen LogP) is 4.55. The Morgan fingerprint density at radius 2 is 1.66 bits per heavy atom. The maximum atomic E-state index is 11.7. The Morgan fingerprint density at radius 1 is 1.00 bits per heavy atom. The maximum absolute atomic E-state index is 11.7. The average Bonchev–Trinajstić information content (AvgIpc) is 2.76. The Kier molecular flexibility index (Phi) is 8.00. The van der Waals surface area contributed by atoms with Gasteiger partial charge in [-0.1, -0.05) is 5.04 Å². The van der Waals surface area contributed by atoms with Crippen LogP contribution in [0, 0.1) is 0 Å². The van der Waals surface area contributed by atoms with E-state index in [0.717, 1.165) is 12.1 Å². The van der Waals surface area contributed by atoms with E-state index in [1.165, 1.54) is 19.9 Å². The molecule has 5 N–H and O–H groups in total. The van der Waals surface area contributed by atoms with Crippen LogP contribution in [-0.4, -0.2) is 35.1 Å². The highest BCUT2D eigenvalue weighted by Crippen LogP contribution is 2.47. The molecular weight excluding hydrogens is 504 g/mol. The number of carbonyl (C=O) groups is 2. The quantitative estimate of drug-likeness (QED) is 0.0919. The number of phenols is 1. The number of benzene rings is 3. The molecule has 3 rings (SSSR count). The fourth-order valence-corrected chi connectivity index (χ4v) is 4.07. The minimum Gasteiger partial charge on any atom is -0.505 e. The average molecular weight is 523 g/mol. The standard InChI is InChI=1S/C20H18N4O9S2/c1-10(25)21-13-3-5-14(6-4-13)23-24-19-17(34-33-32-28)8-12-7-15(35(29,30)31)9-16(22-11(2)26)18(12)20(19)27/h3-9,27-28H,1-2H3,(H,21,25)(H,22,26)(H,29,30,31). The Hall–Kier alpha value is -3.60. The van der Waals surface area contributed by atoms with E-state index >= 15 is 0 Å². The second-order valence-corrected chi connectivity index (χ2v) is 9.12. The lowest BCUT2D eigenvalue weighted by Crippen LogP contribution is -2.08. The van der Waals surface area contributed by atoms with E-state index in [1.54, 1.807) is 24.3 Å². The molecule has 0 spiro atoms. The van der Waals surface area contributed by atoms with Gasteiger partial charge in [0.1, 0.15) is 5.69 Å². The number of carbonyl (C=O) groups excluding carboxylic acids is 2. The first kappa shape index (κ1) is 26.0. The Labute approximate surface area is 202 Å². The van der Waals surface area contributed by atoms with Gasteiger partial charge in [0, 0.05) is 24.9 Å². The van der Waals surface area contributed by atoms with Gasteiger partial charge in [0.2, 0.25) is 11.8 Å². The lowest BCUT2D eigenvalue weighted by molar-refractivity contribution is -0.432. The molecule has 0 heterocycles. The van der Waals surface area contributed by atoms with Crippen LogP contribution in [0.4, 0.5) is 22.7 Å². The van der Waals surface area contributed by atoms with Gasteiger partial charge < -0.3 is 15.7 Å². The molecule has 0 bridgehead atoms. The highest BCUT2D eigenvalue weighted by molar-refractivity contribution is 7.94. The van der Waals surface area contributed by atoms with Gasteiger partial charge in [0.25, 0.3) is 10.1 Å². The number of hydrogen-bond acceptors (Lipinski definition) is 11. The molecule has 15 heteroatoms. The number of azo groups is 1. The van der Waals surface area contributed by atoms with E-state index < -0.39 is 26.7 Å². The van der Waals surface area contributed by atoms with Crippen LogP contribution in [0.5, 0.6) is 5.75 Å². The molecule has 0 atom stereocenters. The Balaban J connectivity index is 2.18. The van der Waals surface area contributed by atoms with Crippen molar-refractivity contribution in [2.45, 2.75) is 23.6 Å². The molecule has 0 saturated carbocycles. The first-order valence-electron chi connectivity index (χ1n) is 9.52. The van der Waals surface area contributed by atoms with Gasteiger partial charge in [0.15, 0.2) is 5.75 Å². The molecule has 0 fully saturated rings. The van der Waals surface area contributed by atoms with E-state index in [4.69, 9.17) is 5.26 Å². The molecule has 13 nitrogen and oxygen atoms in total. The van der Waals surface area contributed by atoms with Gasteiger partial charge in [-0.05, 0) is 47.9 Å². The molecule has 0 aromatic heterocycles. The lowest BCUT2D eigenvalue weighted by atomic mass is 10.1. The van der Waals surface area contributed by atoms with Crippen molar-refractivity contribution in [3.63, 3.8) is 0 Å². The fourth-order valence-electron chi connectivity index (χ4n) is 3.03. The summed E-state index contributed by atoms with van der Waals surface area (Å²) in [5.74, 6) is -1.34. The zero-order valence-electron chi connectivity index (χ0n) is 18.0. The fraction of sp³-hybridized carbons (Fsp3) is 0.100. The molecule has 184 valence electrons. The number of anilines is 2. The van der Waals surface area contributed by atoms with E-state index in [0.29, 0.717) is 23.4 Å². The summed E-state index contributed by atoms with van der Waals surface area (Å²) in [6.07, 6.45) is 0. The second-order valence-electron chi connectivity index (χ2n) is 6.95. The van der Waals surface area contributed by atoms with Crippen LogP contribution in [0.3, 0.4) is 0 Å². The number of rotatable bonds is 8. The molecule has 0 radical (unpaired) electrons. The third-order valence-electron chi connectivity index (χ3n) is 4.34. The van der Waals surface area contributed by atoms with Gasteiger partial charge in [0.05, 0.1) is 33.2 Å². The van der Waals surface area contributed by atoms with Crippen LogP contribution in [-0.2, 0) is 29.1 Å². The number of amides is 2. The number of aromatic hydroxyl groups is 1. The van der Waals surface area contributed by atoms with Gasteiger partial charge >= 0.3 is 0 Å². The largest absolute Gasteiger partial charge is 0.505 e. The zero-order valence-corrected chi connectivity index (χ0v) is 19.7. The molecule has 35 heavy (non-hydrogen) atoms. The van der Waals surface area contributed by atoms with Crippen molar-refractivity contribution in [1.29, 1.82) is 0 Å². The van der Waals surface area contributed by atoms with Crippen LogP contribution in [0.15, 0.2) is 62.5 Å². The van der Waals surface area contributed by atoms with Crippen molar-refractivity contribution < 1.29 is 42.3 Å². The van der Waals surface area contributed by atoms with Gasteiger partial charge in [-0.15, -0.1) is 9.45 Å². The van der Waals surface area contributed by atoms with E-state index in [-0.39, 0.29) is 32.9 Å². The SMILES string of the molecule is CC(=O)Nc1ccc(N=Nc2c(SOOO)cc3cc(S(=O)(=O)O)cc(NC(C)=O)c3c2O)cc1. The van der Waals surface area contributed by atoms with Crippen molar-refractivity contribution >= 4 is 67.5 Å². The number of hydrogen-bond donors (Lipinski definition) is 5. The molecule has 0 aliphatic heterocycles. The lowest BCUT2D eigenvalue weighted by Gasteiger charge is -2.14. The monoisotopic (exact) mass is 522 g/mol. The summed E-state index contributed by atoms with van der Waals surface area (Å²) in [5, 5.41) is 36.3. The predicted molar refractivity (Wildman–Crippen MR) is 125 cm³/mol. The van der Waals surface area contributed by atoms with Crippen molar-refractivity contribution in [3.8, 4) is 5.75 Å². The highest BCUT2D eigenvalue weighted by atomic mass is 32.2. The second kappa shape index (κ2) is 10.8. The molecular formula is C20H18N4O9S2. The normalized spacial score (nSPS) is 11.7. The van der Waals surface area contributed by atoms with Gasteiger partial charge in [-0.25, -0.2) is 5.26 Å². The summed E-state index contributed by atoms with van der Waals surface area (Å²) >= 11 is 0.421. The zero-order chi connectivity index (χ0) is 25.8. The third-order valence-corrected chi connectivity index (χ3v) is 5.79. The van der Waals surface area contributed by atoms with Gasteiger partial charge in [-0.2, -0.15) is 13.5 Å². The highest BCUT2D eigenvalue weighted by Gasteiger charge is 2.21. The van der Waals surface area contributed by atoms with Crippen molar-refractivity contribution in [2.75, 3.05) is 10.6 Å². The van der Waals surface area contributed by atoms with E-state index in [1.807, 2.05) is 0 Å². The summed E-state index contributed by atoms with van der Waals surface area (Å²) in [6.45, 7) is 2.53. The molecule has 0 aliphatic rings. The number of nitrogens with one attached hydrogen (secondary N) is 2. The summed E-state index contributed by atoms with van der Waals surface area (Å²) < 4.78 is 37.3. The van der Waals surface area contributed by atoms with Gasteiger partial charge in [-0.3, -0.25) is 14.1 Å². The third kappa shape index (κ3) is 6.50. The summed E-state index contributed by atoms with van der Waals surface area (Å²) in [6, 6.07) is 9.61. The minimum atomic E-state index is -4.67. The Bertz CT molecular complexity index is 1430. The molecule has 3 aromatic carbocycles. The molecule has 2 amide bonds. The van der Waals surface area contributed by atoms with Crippen molar-refractivity contribution in [1.82, 2.24) is 0 Å². The molecule has 3 aromatic rings. The van der Waals surface area contributed by atoms with Crippen LogP contribution >= 0.6 is 12.0 Å². The van der Waals surface area contributed by atoms with Crippen LogP contribution < -0.4 is 10.6 Å². The molecule has 0 unspecified atom stereocenters. The van der Waals surface area contributed by atoms with Crippen molar-refractivity contribution in [2.24, 2.45) is 10.2 Å². The van der Waals surface area contributed by atoms with E-state index in [9.17, 15) is 27.7 Å². The smallest absolute Gasteiger partial charge is 0.294 e. The van der Waals surface area contributed by atoms with E-state index in [2.05, 4.69) is 30.2 Å². The Morgan fingerprint density at radius 3 is 2.23 bits per heavy atom. The minimum absolute atomic E-state index is 0.00294. The van der Waals surface area contributed by atoms with Crippen LogP contribution in [0.25, 0.3) is 10.8 Å². The summed E-state index contributed by atoms with van der Waals surface area (Å²) in [4.78, 5) is 22.3. The first-order valence-corrected chi connectivity index (χ1v) is 11.7. The van der Waals surface area contributed by atoms with Crippen LogP contribution in [0.1, 0.15) is 13.8 Å². The number of nitrogens with zero attached hydrogens (tertiary/aromatic N) is 2. The summed E-state index contributed by atoms with van der Waals surface area (Å²) in [7, 11) is -4.67. The number of fused-ring (bicyclic) bond motifs is 1.